The van der Waals surface area contributed by atoms with Gasteiger partial charge in [0, 0.05) is 12.4 Å². The molecule has 5 heteroatoms. The van der Waals surface area contributed by atoms with E-state index in [2.05, 4.69) is 20.3 Å². The second-order valence-corrected chi connectivity index (χ2v) is 2.89. The van der Waals surface area contributed by atoms with Gasteiger partial charge in [-0.15, -0.1) is 0 Å². The fourth-order valence-electron chi connectivity index (χ4n) is 1.11. The van der Waals surface area contributed by atoms with Crippen LogP contribution < -0.4 is 5.32 Å². The van der Waals surface area contributed by atoms with Crippen LogP contribution in [0.2, 0.25) is 0 Å². The molecule has 76 valence electrons. The number of halogens is 1. The predicted octanol–water partition coefficient (Wildman–Crippen LogP) is 1.62. The zero-order valence-corrected chi connectivity index (χ0v) is 7.89. The minimum absolute atomic E-state index is 0.233. The highest BCUT2D eigenvalue weighted by molar-refractivity contribution is 5.35. The SMILES string of the molecule is Fc1cccnc1NCc1ccncn1. The smallest absolute Gasteiger partial charge is 0.165 e. The van der Waals surface area contributed by atoms with E-state index >= 15 is 0 Å². The van der Waals surface area contributed by atoms with Gasteiger partial charge < -0.3 is 5.32 Å². The molecule has 15 heavy (non-hydrogen) atoms. The quantitative estimate of drug-likeness (QED) is 0.825. The molecule has 0 aliphatic carbocycles. The number of anilines is 1. The van der Waals surface area contributed by atoms with Crippen LogP contribution >= 0.6 is 0 Å². The highest BCUT2D eigenvalue weighted by atomic mass is 19.1. The van der Waals surface area contributed by atoms with Gasteiger partial charge in [-0.2, -0.15) is 0 Å². The highest BCUT2D eigenvalue weighted by Gasteiger charge is 2.01. The summed E-state index contributed by atoms with van der Waals surface area (Å²) in [6.45, 7) is 0.427. The van der Waals surface area contributed by atoms with Crippen molar-refractivity contribution in [2.24, 2.45) is 0 Å². The summed E-state index contributed by atoms with van der Waals surface area (Å²) < 4.78 is 13.1. The third kappa shape index (κ3) is 2.46. The fraction of sp³-hybridized carbons (Fsp3) is 0.100. The van der Waals surface area contributed by atoms with Gasteiger partial charge in [-0.1, -0.05) is 0 Å². The molecular weight excluding hydrogens is 195 g/mol. The molecular formula is C10H9FN4. The first-order valence-electron chi connectivity index (χ1n) is 4.45. The zero-order chi connectivity index (χ0) is 10.5. The van der Waals surface area contributed by atoms with Crippen LogP contribution in [-0.4, -0.2) is 15.0 Å². The van der Waals surface area contributed by atoms with Crippen LogP contribution in [0.25, 0.3) is 0 Å². The molecule has 2 heterocycles. The Kier molecular flexibility index (Phi) is 2.82. The largest absolute Gasteiger partial charge is 0.362 e. The van der Waals surface area contributed by atoms with Gasteiger partial charge in [-0.3, -0.25) is 0 Å². The Balaban J connectivity index is 2.03. The molecule has 2 aromatic rings. The van der Waals surface area contributed by atoms with Gasteiger partial charge in [-0.25, -0.2) is 19.3 Å². The summed E-state index contributed by atoms with van der Waals surface area (Å²) in [6.07, 6.45) is 4.62. The first-order chi connectivity index (χ1) is 7.36. The van der Waals surface area contributed by atoms with Crippen molar-refractivity contribution in [3.63, 3.8) is 0 Å². The van der Waals surface area contributed by atoms with Crippen LogP contribution in [0, 0.1) is 5.82 Å². The van der Waals surface area contributed by atoms with Crippen LogP contribution in [0.1, 0.15) is 5.69 Å². The van der Waals surface area contributed by atoms with E-state index in [1.54, 1.807) is 18.3 Å². The lowest BCUT2D eigenvalue weighted by Crippen LogP contribution is -2.04. The van der Waals surface area contributed by atoms with E-state index < -0.39 is 0 Å². The number of rotatable bonds is 3. The molecule has 0 aromatic carbocycles. The van der Waals surface area contributed by atoms with Crippen LogP contribution in [0.5, 0.6) is 0 Å². The molecule has 0 fully saturated rings. The van der Waals surface area contributed by atoms with E-state index in [4.69, 9.17) is 0 Å². The summed E-state index contributed by atoms with van der Waals surface area (Å²) in [6, 6.07) is 4.66. The molecule has 0 saturated heterocycles. The highest BCUT2D eigenvalue weighted by Crippen LogP contribution is 2.09. The second kappa shape index (κ2) is 4.45. The topological polar surface area (TPSA) is 50.7 Å². The molecule has 2 aromatic heterocycles. The van der Waals surface area contributed by atoms with Crippen LogP contribution in [0.15, 0.2) is 36.9 Å². The van der Waals surface area contributed by atoms with Crippen molar-refractivity contribution < 1.29 is 4.39 Å². The van der Waals surface area contributed by atoms with Gasteiger partial charge in [0.2, 0.25) is 0 Å². The number of pyridine rings is 1. The molecule has 0 aliphatic heterocycles. The Hall–Kier alpha value is -2.04. The summed E-state index contributed by atoms with van der Waals surface area (Å²) in [5.74, 6) is -0.136. The molecule has 0 bridgehead atoms. The number of hydrogen-bond donors (Lipinski definition) is 1. The van der Waals surface area contributed by atoms with Crippen molar-refractivity contribution in [1.82, 2.24) is 15.0 Å². The fourth-order valence-corrected chi connectivity index (χ4v) is 1.11. The third-order valence-electron chi connectivity index (χ3n) is 1.84. The van der Waals surface area contributed by atoms with E-state index in [9.17, 15) is 4.39 Å². The maximum Gasteiger partial charge on any atom is 0.165 e. The van der Waals surface area contributed by atoms with Crippen LogP contribution in [0.4, 0.5) is 10.2 Å². The number of nitrogens with one attached hydrogen (secondary N) is 1. The molecule has 0 amide bonds. The van der Waals surface area contributed by atoms with Gasteiger partial charge in [0.05, 0.1) is 12.2 Å². The van der Waals surface area contributed by atoms with Crippen molar-refractivity contribution in [1.29, 1.82) is 0 Å². The summed E-state index contributed by atoms with van der Waals surface area (Å²) in [4.78, 5) is 11.7. The average molecular weight is 204 g/mol. The molecule has 1 N–H and O–H groups in total. The van der Waals surface area contributed by atoms with Crippen molar-refractivity contribution in [2.75, 3.05) is 5.32 Å². The van der Waals surface area contributed by atoms with Crippen molar-refractivity contribution in [2.45, 2.75) is 6.54 Å². The second-order valence-electron chi connectivity index (χ2n) is 2.89. The van der Waals surface area contributed by atoms with Crippen molar-refractivity contribution in [3.8, 4) is 0 Å². The number of nitrogens with zero attached hydrogens (tertiary/aromatic N) is 3. The lowest BCUT2D eigenvalue weighted by atomic mass is 10.4. The van der Waals surface area contributed by atoms with E-state index in [0.29, 0.717) is 6.54 Å². The van der Waals surface area contributed by atoms with E-state index in [1.807, 2.05) is 0 Å². The van der Waals surface area contributed by atoms with Gasteiger partial charge in [-0.05, 0) is 18.2 Å². The Morgan fingerprint density at radius 3 is 2.87 bits per heavy atom. The van der Waals surface area contributed by atoms with Crippen molar-refractivity contribution in [3.05, 3.63) is 48.4 Å². The van der Waals surface area contributed by atoms with Crippen LogP contribution in [0.3, 0.4) is 0 Å². The summed E-state index contributed by atoms with van der Waals surface area (Å²) in [5, 5.41) is 2.85. The molecule has 0 unspecified atom stereocenters. The Bertz CT molecular complexity index is 432. The number of aromatic nitrogens is 3. The monoisotopic (exact) mass is 204 g/mol. The van der Waals surface area contributed by atoms with Crippen molar-refractivity contribution >= 4 is 5.82 Å². The first kappa shape index (κ1) is 9.51. The Labute approximate surface area is 86.2 Å². The Morgan fingerprint density at radius 1 is 1.20 bits per heavy atom. The molecule has 0 saturated carbocycles. The van der Waals surface area contributed by atoms with Gasteiger partial charge in [0.25, 0.3) is 0 Å². The Morgan fingerprint density at radius 2 is 2.13 bits per heavy atom. The molecule has 0 radical (unpaired) electrons. The summed E-state index contributed by atoms with van der Waals surface area (Å²) in [5.41, 5.74) is 0.787. The van der Waals surface area contributed by atoms with Crippen LogP contribution in [-0.2, 0) is 6.54 Å². The normalized spacial score (nSPS) is 9.93. The molecule has 0 aliphatic rings. The summed E-state index contributed by atoms with van der Waals surface area (Å²) >= 11 is 0. The minimum Gasteiger partial charge on any atom is -0.362 e. The van der Waals surface area contributed by atoms with Gasteiger partial charge >= 0.3 is 0 Å². The molecule has 0 spiro atoms. The molecule has 4 nitrogen and oxygen atoms in total. The van der Waals surface area contributed by atoms with E-state index in [0.717, 1.165) is 5.69 Å². The van der Waals surface area contributed by atoms with E-state index in [-0.39, 0.29) is 11.6 Å². The standard InChI is InChI=1S/C10H9FN4/c11-9-2-1-4-13-10(9)14-6-8-3-5-12-7-15-8/h1-5,7H,6H2,(H,13,14). The minimum atomic E-state index is -0.369. The molecule has 2 rings (SSSR count). The lowest BCUT2D eigenvalue weighted by molar-refractivity contribution is 0.624. The zero-order valence-electron chi connectivity index (χ0n) is 7.89. The maximum absolute atomic E-state index is 13.1. The summed E-state index contributed by atoms with van der Waals surface area (Å²) in [7, 11) is 0. The predicted molar refractivity (Wildman–Crippen MR) is 53.6 cm³/mol. The van der Waals surface area contributed by atoms with E-state index in [1.165, 1.54) is 18.6 Å². The van der Waals surface area contributed by atoms with Gasteiger partial charge in [0.1, 0.15) is 6.33 Å². The molecule has 0 atom stereocenters. The first-order valence-corrected chi connectivity index (χ1v) is 4.45. The van der Waals surface area contributed by atoms with Gasteiger partial charge in [0.15, 0.2) is 11.6 Å². The number of hydrogen-bond acceptors (Lipinski definition) is 4. The maximum atomic E-state index is 13.1. The third-order valence-corrected chi connectivity index (χ3v) is 1.84. The average Bonchev–Trinajstić information content (AvgIpc) is 2.29. The lowest BCUT2D eigenvalue weighted by Gasteiger charge is -2.04.